The first-order valence-electron chi connectivity index (χ1n) is 6.88. The van der Waals surface area contributed by atoms with Crippen molar-refractivity contribution in [2.45, 2.75) is 64.0 Å². The van der Waals surface area contributed by atoms with Crippen LogP contribution in [0, 0.1) is 0 Å². The summed E-state index contributed by atoms with van der Waals surface area (Å²) in [6, 6.07) is -0.152. The van der Waals surface area contributed by atoms with Crippen LogP contribution in [0.3, 0.4) is 0 Å². The third-order valence-corrected chi connectivity index (χ3v) is 3.74. The highest BCUT2D eigenvalue weighted by atomic mass is 16.4. The molecular weight excluding hydrogens is 246 g/mol. The summed E-state index contributed by atoms with van der Waals surface area (Å²) in [6.07, 6.45) is 4.23. The summed E-state index contributed by atoms with van der Waals surface area (Å²) < 4.78 is 1.64. The molecule has 2 unspecified atom stereocenters. The number of carbonyl (C=O) groups is 1. The fraction of sp³-hybridized carbons (Fsp3) is 0.769. The zero-order valence-electron chi connectivity index (χ0n) is 11.4. The second-order valence-corrected chi connectivity index (χ2v) is 5.50. The lowest BCUT2D eigenvalue weighted by Crippen LogP contribution is -2.26. The van der Waals surface area contributed by atoms with E-state index < -0.39 is 12.1 Å². The normalized spacial score (nSPS) is 24.4. The van der Waals surface area contributed by atoms with Gasteiger partial charge in [-0.15, -0.1) is 5.10 Å². The maximum absolute atomic E-state index is 11.2. The smallest absolute Gasteiger partial charge is 0.358 e. The van der Waals surface area contributed by atoms with E-state index in [4.69, 9.17) is 5.11 Å². The summed E-state index contributed by atoms with van der Waals surface area (Å²) in [5.74, 6) is -1.05. The van der Waals surface area contributed by atoms with Crippen LogP contribution >= 0.6 is 0 Å². The molecule has 106 valence electrons. The Morgan fingerprint density at radius 3 is 2.63 bits per heavy atom. The summed E-state index contributed by atoms with van der Waals surface area (Å²) in [5.41, 5.74) is 0.616. The van der Waals surface area contributed by atoms with Gasteiger partial charge in [-0.1, -0.05) is 38.3 Å². The van der Waals surface area contributed by atoms with Gasteiger partial charge in [-0.25, -0.2) is 9.48 Å². The van der Waals surface area contributed by atoms with E-state index in [2.05, 4.69) is 10.3 Å². The third-order valence-electron chi connectivity index (χ3n) is 3.74. The lowest BCUT2D eigenvalue weighted by atomic mass is 10.0. The van der Waals surface area contributed by atoms with E-state index in [0.717, 1.165) is 32.1 Å². The summed E-state index contributed by atoms with van der Waals surface area (Å²) >= 11 is 0. The molecule has 1 heterocycles. The van der Waals surface area contributed by atoms with Gasteiger partial charge in [-0.3, -0.25) is 0 Å². The largest absolute Gasteiger partial charge is 0.476 e. The minimum Gasteiger partial charge on any atom is -0.476 e. The number of nitrogens with zero attached hydrogens (tertiary/aromatic N) is 3. The van der Waals surface area contributed by atoms with Gasteiger partial charge in [0.15, 0.2) is 5.69 Å². The molecule has 1 fully saturated rings. The van der Waals surface area contributed by atoms with E-state index >= 15 is 0 Å². The molecule has 1 aliphatic rings. The maximum Gasteiger partial charge on any atom is 0.358 e. The van der Waals surface area contributed by atoms with Crippen LogP contribution in [-0.2, 0) is 0 Å². The quantitative estimate of drug-likeness (QED) is 0.817. The highest BCUT2D eigenvalue weighted by molar-refractivity contribution is 5.86. The Hall–Kier alpha value is -1.43. The van der Waals surface area contributed by atoms with E-state index in [1.807, 2.05) is 13.8 Å². The molecular formula is C13H21N3O3. The number of aromatic nitrogens is 3. The summed E-state index contributed by atoms with van der Waals surface area (Å²) in [6.45, 7) is 3.84. The van der Waals surface area contributed by atoms with Crippen LogP contribution in [-0.4, -0.2) is 37.3 Å². The van der Waals surface area contributed by atoms with Gasteiger partial charge in [0, 0.05) is 0 Å². The van der Waals surface area contributed by atoms with Gasteiger partial charge in [-0.05, 0) is 18.8 Å². The first-order valence-corrected chi connectivity index (χ1v) is 6.88. The third kappa shape index (κ3) is 2.78. The number of hydrogen-bond acceptors (Lipinski definition) is 4. The van der Waals surface area contributed by atoms with Crippen molar-refractivity contribution in [3.8, 4) is 0 Å². The second kappa shape index (κ2) is 5.69. The average Bonchev–Trinajstić information content (AvgIpc) is 2.67. The van der Waals surface area contributed by atoms with E-state index in [1.165, 1.54) is 0 Å². The van der Waals surface area contributed by atoms with Crippen molar-refractivity contribution in [2.24, 2.45) is 0 Å². The Morgan fingerprint density at radius 1 is 1.32 bits per heavy atom. The van der Waals surface area contributed by atoms with Gasteiger partial charge < -0.3 is 10.2 Å². The summed E-state index contributed by atoms with van der Waals surface area (Å²) in [4.78, 5) is 11.2. The Morgan fingerprint density at radius 2 is 2.00 bits per heavy atom. The molecule has 6 nitrogen and oxygen atoms in total. The molecule has 2 atom stereocenters. The zero-order chi connectivity index (χ0) is 14.0. The molecule has 0 bridgehead atoms. The molecule has 0 spiro atoms. The fourth-order valence-electron chi connectivity index (χ4n) is 2.79. The van der Waals surface area contributed by atoms with Crippen LogP contribution in [0.25, 0.3) is 0 Å². The SMILES string of the molecule is CC(C)c1c(C(=O)O)nnn1C1CCCCCC1O. The van der Waals surface area contributed by atoms with Gasteiger partial charge in [0.2, 0.25) is 0 Å². The van der Waals surface area contributed by atoms with E-state index in [1.54, 1.807) is 4.68 Å². The zero-order valence-corrected chi connectivity index (χ0v) is 11.4. The predicted molar refractivity (Wildman–Crippen MR) is 69.2 cm³/mol. The molecule has 0 aliphatic heterocycles. The summed E-state index contributed by atoms with van der Waals surface area (Å²) in [5, 5.41) is 27.2. The van der Waals surface area contributed by atoms with Gasteiger partial charge in [0.05, 0.1) is 17.8 Å². The van der Waals surface area contributed by atoms with E-state index in [-0.39, 0.29) is 17.7 Å². The number of aliphatic hydroxyl groups excluding tert-OH is 1. The van der Waals surface area contributed by atoms with E-state index in [0.29, 0.717) is 5.69 Å². The van der Waals surface area contributed by atoms with Crippen molar-refractivity contribution in [1.29, 1.82) is 0 Å². The minimum atomic E-state index is -1.06. The van der Waals surface area contributed by atoms with Crippen LogP contribution in [0.15, 0.2) is 0 Å². The highest BCUT2D eigenvalue weighted by Gasteiger charge is 2.30. The van der Waals surface area contributed by atoms with Gasteiger partial charge in [0.25, 0.3) is 0 Å². The number of carboxylic acid groups (broad SMARTS) is 1. The highest BCUT2D eigenvalue weighted by Crippen LogP contribution is 2.30. The average molecular weight is 267 g/mol. The van der Waals surface area contributed by atoms with Crippen molar-refractivity contribution >= 4 is 5.97 Å². The van der Waals surface area contributed by atoms with Crippen LogP contribution in [0.1, 0.15) is 74.1 Å². The van der Waals surface area contributed by atoms with Crippen molar-refractivity contribution in [2.75, 3.05) is 0 Å². The Labute approximate surface area is 112 Å². The lowest BCUT2D eigenvalue weighted by Gasteiger charge is -2.23. The predicted octanol–water partition coefficient (Wildman–Crippen LogP) is 1.97. The van der Waals surface area contributed by atoms with Crippen molar-refractivity contribution in [3.63, 3.8) is 0 Å². The van der Waals surface area contributed by atoms with Crippen molar-refractivity contribution < 1.29 is 15.0 Å². The molecule has 0 radical (unpaired) electrons. The van der Waals surface area contributed by atoms with E-state index in [9.17, 15) is 9.90 Å². The summed E-state index contributed by atoms with van der Waals surface area (Å²) in [7, 11) is 0. The standard InChI is InChI=1S/C13H21N3O3/c1-8(2)12-11(13(18)19)14-15-16(12)9-6-4-3-5-7-10(9)17/h8-10,17H,3-7H2,1-2H3,(H,18,19). The molecule has 2 N–H and O–H groups in total. The first kappa shape index (κ1) is 14.0. The molecule has 0 saturated heterocycles. The Bertz CT molecular complexity index is 456. The molecule has 2 rings (SSSR count). The topological polar surface area (TPSA) is 88.2 Å². The fourth-order valence-corrected chi connectivity index (χ4v) is 2.79. The van der Waals surface area contributed by atoms with Crippen molar-refractivity contribution in [1.82, 2.24) is 15.0 Å². The Kier molecular flexibility index (Phi) is 4.19. The van der Waals surface area contributed by atoms with Crippen molar-refractivity contribution in [3.05, 3.63) is 11.4 Å². The van der Waals surface area contributed by atoms with Crippen LogP contribution in [0.2, 0.25) is 0 Å². The van der Waals surface area contributed by atoms with Gasteiger partial charge in [0.1, 0.15) is 0 Å². The molecule has 1 aliphatic carbocycles. The Balaban J connectivity index is 2.40. The first-order chi connectivity index (χ1) is 9.02. The van der Waals surface area contributed by atoms with Gasteiger partial charge in [-0.2, -0.15) is 0 Å². The molecule has 6 heteroatoms. The van der Waals surface area contributed by atoms with Crippen LogP contribution in [0.4, 0.5) is 0 Å². The lowest BCUT2D eigenvalue weighted by molar-refractivity contribution is 0.0687. The van der Waals surface area contributed by atoms with Crippen LogP contribution in [0.5, 0.6) is 0 Å². The molecule has 1 saturated carbocycles. The molecule has 0 amide bonds. The number of hydrogen-bond donors (Lipinski definition) is 2. The number of rotatable bonds is 3. The monoisotopic (exact) mass is 267 g/mol. The maximum atomic E-state index is 11.2. The molecule has 19 heavy (non-hydrogen) atoms. The number of aliphatic hydroxyl groups is 1. The number of aromatic carboxylic acids is 1. The minimum absolute atomic E-state index is 0.00597. The molecule has 0 aromatic carbocycles. The molecule has 1 aromatic heterocycles. The van der Waals surface area contributed by atoms with Crippen LogP contribution < -0.4 is 0 Å². The molecule has 1 aromatic rings. The second-order valence-electron chi connectivity index (χ2n) is 5.50. The van der Waals surface area contributed by atoms with Gasteiger partial charge >= 0.3 is 5.97 Å². The number of carboxylic acids is 1.